The second-order valence-corrected chi connectivity index (χ2v) is 4.73. The Morgan fingerprint density at radius 1 is 1.39 bits per heavy atom. The van der Waals surface area contributed by atoms with E-state index in [1.54, 1.807) is 6.33 Å². The number of benzene rings is 1. The molecule has 2 N–H and O–H groups in total. The molecule has 0 aliphatic carbocycles. The Hall–Kier alpha value is -2.04. The normalized spacial score (nSPS) is 14.6. The van der Waals surface area contributed by atoms with Gasteiger partial charge < -0.3 is 15.2 Å². The quantitative estimate of drug-likeness (QED) is 0.809. The highest BCUT2D eigenvalue weighted by atomic mass is 15.3. The van der Waals surface area contributed by atoms with Crippen molar-refractivity contribution in [1.29, 1.82) is 0 Å². The number of aromatic nitrogens is 3. The molecule has 2 aromatic rings. The molecule has 1 aromatic heterocycles. The van der Waals surface area contributed by atoms with Crippen molar-refractivity contribution in [3.05, 3.63) is 35.9 Å². The first-order valence-corrected chi connectivity index (χ1v) is 6.21. The fourth-order valence-electron chi connectivity index (χ4n) is 2.51. The van der Waals surface area contributed by atoms with Crippen molar-refractivity contribution in [2.24, 2.45) is 7.05 Å². The largest absolute Gasteiger partial charge is 0.398 e. The first kappa shape index (κ1) is 11.1. The Morgan fingerprint density at radius 3 is 3.06 bits per heavy atom. The molecule has 0 atom stereocenters. The molecule has 94 valence electrons. The molecule has 1 aliphatic heterocycles. The number of hydrogen-bond acceptors (Lipinski definition) is 4. The Kier molecular flexibility index (Phi) is 2.66. The van der Waals surface area contributed by atoms with Crippen LogP contribution in [0.3, 0.4) is 0 Å². The number of nitrogens with two attached hydrogens (primary N) is 1. The third-order valence-electron chi connectivity index (χ3n) is 3.52. The van der Waals surface area contributed by atoms with Crippen molar-refractivity contribution in [3.63, 3.8) is 0 Å². The van der Waals surface area contributed by atoms with E-state index in [1.165, 1.54) is 11.3 Å². The number of anilines is 2. The zero-order valence-corrected chi connectivity index (χ0v) is 10.5. The summed E-state index contributed by atoms with van der Waals surface area (Å²) >= 11 is 0. The van der Waals surface area contributed by atoms with E-state index in [0.29, 0.717) is 0 Å². The molecule has 1 aromatic carbocycles. The van der Waals surface area contributed by atoms with Gasteiger partial charge in [-0.1, -0.05) is 6.07 Å². The summed E-state index contributed by atoms with van der Waals surface area (Å²) < 4.78 is 1.96. The number of hydrogen-bond donors (Lipinski definition) is 1. The lowest BCUT2D eigenvalue weighted by molar-refractivity contribution is 0.657. The molecular formula is C13H17N5. The van der Waals surface area contributed by atoms with Gasteiger partial charge >= 0.3 is 0 Å². The average molecular weight is 243 g/mol. The zero-order valence-electron chi connectivity index (χ0n) is 10.5. The van der Waals surface area contributed by atoms with Crippen LogP contribution >= 0.6 is 0 Å². The summed E-state index contributed by atoms with van der Waals surface area (Å²) in [6, 6.07) is 6.13. The van der Waals surface area contributed by atoms with Crippen LogP contribution in [0.4, 0.5) is 11.4 Å². The van der Waals surface area contributed by atoms with Gasteiger partial charge in [0.15, 0.2) is 5.82 Å². The third-order valence-corrected chi connectivity index (χ3v) is 3.52. The van der Waals surface area contributed by atoms with E-state index >= 15 is 0 Å². The molecule has 18 heavy (non-hydrogen) atoms. The maximum absolute atomic E-state index is 6.05. The van der Waals surface area contributed by atoms with Crippen LogP contribution in [0.5, 0.6) is 0 Å². The van der Waals surface area contributed by atoms with Crippen molar-refractivity contribution in [2.45, 2.75) is 19.4 Å². The van der Waals surface area contributed by atoms with Crippen molar-refractivity contribution in [2.75, 3.05) is 17.2 Å². The van der Waals surface area contributed by atoms with Crippen LogP contribution in [0.2, 0.25) is 0 Å². The molecule has 0 fully saturated rings. The van der Waals surface area contributed by atoms with Gasteiger partial charge in [-0.05, 0) is 30.5 Å². The first-order valence-electron chi connectivity index (χ1n) is 6.21. The summed E-state index contributed by atoms with van der Waals surface area (Å²) in [4.78, 5) is 2.33. The van der Waals surface area contributed by atoms with Crippen molar-refractivity contribution in [3.8, 4) is 0 Å². The molecule has 0 radical (unpaired) electrons. The highest BCUT2D eigenvalue weighted by molar-refractivity contribution is 5.66. The van der Waals surface area contributed by atoms with E-state index in [2.05, 4.69) is 21.2 Å². The fourth-order valence-corrected chi connectivity index (χ4v) is 2.51. The van der Waals surface area contributed by atoms with Crippen LogP contribution in [-0.2, 0) is 20.0 Å². The van der Waals surface area contributed by atoms with Gasteiger partial charge in [0.2, 0.25) is 0 Å². The predicted molar refractivity (Wildman–Crippen MR) is 71.2 cm³/mol. The summed E-state index contributed by atoms with van der Waals surface area (Å²) in [5.41, 5.74) is 9.45. The highest BCUT2D eigenvalue weighted by Crippen LogP contribution is 2.31. The summed E-state index contributed by atoms with van der Waals surface area (Å²) in [6.45, 7) is 1.83. The van der Waals surface area contributed by atoms with Crippen molar-refractivity contribution in [1.82, 2.24) is 14.8 Å². The topological polar surface area (TPSA) is 60.0 Å². The van der Waals surface area contributed by atoms with E-state index in [9.17, 15) is 0 Å². The summed E-state index contributed by atoms with van der Waals surface area (Å²) in [7, 11) is 1.97. The van der Waals surface area contributed by atoms with Gasteiger partial charge in [0.25, 0.3) is 0 Å². The average Bonchev–Trinajstić information content (AvgIpc) is 2.77. The molecule has 0 saturated heterocycles. The maximum atomic E-state index is 6.05. The Balaban J connectivity index is 1.92. The number of rotatable bonds is 2. The molecule has 5 heteroatoms. The monoisotopic (exact) mass is 243 g/mol. The lowest BCUT2D eigenvalue weighted by Gasteiger charge is -2.31. The number of fused-ring (bicyclic) bond motifs is 1. The van der Waals surface area contributed by atoms with Crippen LogP contribution in [0.15, 0.2) is 24.5 Å². The van der Waals surface area contributed by atoms with Crippen LogP contribution in [0.25, 0.3) is 0 Å². The van der Waals surface area contributed by atoms with E-state index in [-0.39, 0.29) is 0 Å². The Labute approximate surface area is 106 Å². The minimum Gasteiger partial charge on any atom is -0.398 e. The van der Waals surface area contributed by atoms with Crippen LogP contribution in [0.1, 0.15) is 17.8 Å². The molecule has 1 aliphatic rings. The summed E-state index contributed by atoms with van der Waals surface area (Å²) in [5.74, 6) is 0.977. The Morgan fingerprint density at radius 2 is 2.28 bits per heavy atom. The molecule has 0 spiro atoms. The number of nitrogens with zero attached hydrogens (tertiary/aromatic N) is 4. The number of nitrogen functional groups attached to an aromatic ring is 1. The molecule has 5 nitrogen and oxygen atoms in total. The van der Waals surface area contributed by atoms with Gasteiger partial charge in [-0.2, -0.15) is 0 Å². The molecule has 0 amide bonds. The Bertz CT molecular complexity index is 560. The smallest absolute Gasteiger partial charge is 0.152 e. The molecule has 0 saturated carbocycles. The van der Waals surface area contributed by atoms with Crippen molar-refractivity contribution >= 4 is 11.4 Å². The molecule has 0 unspecified atom stereocenters. The highest BCUT2D eigenvalue weighted by Gasteiger charge is 2.19. The van der Waals surface area contributed by atoms with Crippen LogP contribution < -0.4 is 10.6 Å². The molecule has 0 bridgehead atoms. The molecule has 2 heterocycles. The SMILES string of the molecule is Cn1cnnc1CN1CCCc2c(N)cccc21. The van der Waals surface area contributed by atoms with Crippen molar-refractivity contribution < 1.29 is 0 Å². The van der Waals surface area contributed by atoms with E-state index in [1.807, 2.05) is 23.7 Å². The zero-order chi connectivity index (χ0) is 12.5. The molecule has 3 rings (SSSR count). The van der Waals surface area contributed by atoms with Crippen LogP contribution in [-0.4, -0.2) is 21.3 Å². The maximum Gasteiger partial charge on any atom is 0.152 e. The van der Waals surface area contributed by atoms with Gasteiger partial charge in [-0.25, -0.2) is 0 Å². The number of aryl methyl sites for hydroxylation is 1. The predicted octanol–water partition coefficient (Wildman–Crippen LogP) is 1.35. The van der Waals surface area contributed by atoms with E-state index < -0.39 is 0 Å². The van der Waals surface area contributed by atoms with Gasteiger partial charge in [0.1, 0.15) is 6.33 Å². The third kappa shape index (κ3) is 1.81. The molecular weight excluding hydrogens is 226 g/mol. The minimum atomic E-state index is 0.785. The van der Waals surface area contributed by atoms with Crippen LogP contribution in [0, 0.1) is 0 Å². The lowest BCUT2D eigenvalue weighted by Crippen LogP contribution is -2.30. The van der Waals surface area contributed by atoms with E-state index in [4.69, 9.17) is 5.73 Å². The van der Waals surface area contributed by atoms with E-state index in [0.717, 1.165) is 37.4 Å². The minimum absolute atomic E-state index is 0.785. The fraction of sp³-hybridized carbons (Fsp3) is 0.385. The van der Waals surface area contributed by atoms with Gasteiger partial charge in [0, 0.05) is 25.0 Å². The first-order chi connectivity index (χ1) is 8.75. The second-order valence-electron chi connectivity index (χ2n) is 4.73. The van der Waals surface area contributed by atoms with Gasteiger partial charge in [0.05, 0.1) is 6.54 Å². The summed E-state index contributed by atoms with van der Waals surface area (Å²) in [6.07, 6.45) is 3.94. The van der Waals surface area contributed by atoms with Gasteiger partial charge in [-0.15, -0.1) is 10.2 Å². The standard InChI is InChI=1S/C13H17N5/c1-17-9-15-16-13(17)8-18-7-3-4-10-11(14)5-2-6-12(10)18/h2,5-6,9H,3-4,7-8,14H2,1H3. The van der Waals surface area contributed by atoms with Gasteiger partial charge in [-0.3, -0.25) is 0 Å². The lowest BCUT2D eigenvalue weighted by atomic mass is 10.00. The summed E-state index contributed by atoms with van der Waals surface area (Å²) in [5, 5.41) is 8.07. The second kappa shape index (κ2) is 4.33.